The van der Waals surface area contributed by atoms with Gasteiger partial charge in [-0.2, -0.15) is 0 Å². The highest BCUT2D eigenvalue weighted by Crippen LogP contribution is 2.34. The first-order valence-electron chi connectivity index (χ1n) is 6.92. The second kappa shape index (κ2) is 7.04. The zero-order valence-electron chi connectivity index (χ0n) is 11.0. The van der Waals surface area contributed by atoms with Gasteiger partial charge in [0, 0.05) is 15.4 Å². The molecule has 2 nitrogen and oxygen atoms in total. The maximum atomic E-state index is 5.78. The number of nitrogens with two attached hydrogens (primary N) is 1. The van der Waals surface area contributed by atoms with Crippen LogP contribution in [-0.2, 0) is 6.42 Å². The van der Waals surface area contributed by atoms with E-state index in [0.29, 0.717) is 6.04 Å². The summed E-state index contributed by atoms with van der Waals surface area (Å²) in [5.74, 6) is 7.47. The van der Waals surface area contributed by atoms with Gasteiger partial charge in [0.05, 0.1) is 0 Å². The molecule has 0 spiro atoms. The van der Waals surface area contributed by atoms with Crippen LogP contribution in [0.2, 0.25) is 0 Å². The predicted octanol–water partition coefficient (Wildman–Crippen LogP) is 4.10. The van der Waals surface area contributed by atoms with E-state index in [1.807, 2.05) is 11.3 Å². The Balaban J connectivity index is 1.91. The molecule has 1 atom stereocenters. The summed E-state index contributed by atoms with van der Waals surface area (Å²) >= 11 is 5.43. The Bertz CT molecular complexity index is 358. The van der Waals surface area contributed by atoms with E-state index in [4.69, 9.17) is 5.84 Å². The molecule has 0 aromatic carbocycles. The molecule has 1 aromatic rings. The van der Waals surface area contributed by atoms with Crippen LogP contribution in [0.25, 0.3) is 0 Å². The Kier molecular flexibility index (Phi) is 5.67. The Morgan fingerprint density at radius 3 is 2.67 bits per heavy atom. The first kappa shape index (κ1) is 14.5. The lowest BCUT2D eigenvalue weighted by molar-refractivity contribution is 0.217. The molecule has 0 aliphatic heterocycles. The Hall–Kier alpha value is 0.1000. The van der Waals surface area contributed by atoms with E-state index in [9.17, 15) is 0 Å². The van der Waals surface area contributed by atoms with Gasteiger partial charge in [0.1, 0.15) is 0 Å². The maximum Gasteiger partial charge on any atom is 0.0314 e. The monoisotopic (exact) mass is 330 g/mol. The van der Waals surface area contributed by atoms with Gasteiger partial charge in [0.2, 0.25) is 0 Å². The lowest BCUT2D eigenvalue weighted by Gasteiger charge is -2.33. The molecule has 1 aliphatic carbocycles. The third kappa shape index (κ3) is 3.56. The van der Waals surface area contributed by atoms with Crippen LogP contribution in [0.5, 0.6) is 0 Å². The average molecular weight is 331 g/mol. The van der Waals surface area contributed by atoms with Crippen molar-refractivity contribution in [2.45, 2.75) is 51.5 Å². The zero-order chi connectivity index (χ0) is 13.0. The molecule has 0 amide bonds. The van der Waals surface area contributed by atoms with Crippen molar-refractivity contribution in [1.82, 2.24) is 5.43 Å². The van der Waals surface area contributed by atoms with Crippen LogP contribution < -0.4 is 11.3 Å². The minimum atomic E-state index is 0.428. The van der Waals surface area contributed by atoms with Crippen LogP contribution in [-0.4, -0.2) is 6.04 Å². The summed E-state index contributed by atoms with van der Waals surface area (Å²) in [7, 11) is 0. The summed E-state index contributed by atoms with van der Waals surface area (Å²) in [5.41, 5.74) is 3.06. The minimum Gasteiger partial charge on any atom is -0.271 e. The average Bonchev–Trinajstić information content (AvgIpc) is 2.81. The Morgan fingerprint density at radius 2 is 2.17 bits per heavy atom. The SMILES string of the molecule is CCC1CCC(C(Cc2sccc2Br)NN)CC1. The van der Waals surface area contributed by atoms with E-state index in [2.05, 4.69) is 39.7 Å². The first-order chi connectivity index (χ1) is 8.74. The van der Waals surface area contributed by atoms with Gasteiger partial charge in [0.15, 0.2) is 0 Å². The van der Waals surface area contributed by atoms with E-state index in [-0.39, 0.29) is 0 Å². The van der Waals surface area contributed by atoms with Crippen molar-refractivity contribution in [2.24, 2.45) is 17.7 Å². The van der Waals surface area contributed by atoms with Crippen LogP contribution in [0.1, 0.15) is 43.9 Å². The molecule has 1 unspecified atom stereocenters. The van der Waals surface area contributed by atoms with Crippen LogP contribution >= 0.6 is 27.3 Å². The summed E-state index contributed by atoms with van der Waals surface area (Å²) in [6.45, 7) is 2.31. The fourth-order valence-corrected chi connectivity index (χ4v) is 4.61. The van der Waals surface area contributed by atoms with Crippen molar-refractivity contribution < 1.29 is 0 Å². The highest BCUT2D eigenvalue weighted by Gasteiger charge is 2.27. The van der Waals surface area contributed by atoms with Crippen molar-refractivity contribution in [2.75, 3.05) is 0 Å². The molecule has 1 aliphatic rings. The van der Waals surface area contributed by atoms with E-state index < -0.39 is 0 Å². The molecular weight excluding hydrogens is 308 g/mol. The highest BCUT2D eigenvalue weighted by molar-refractivity contribution is 9.10. The third-order valence-electron chi connectivity index (χ3n) is 4.35. The molecule has 1 aromatic heterocycles. The zero-order valence-corrected chi connectivity index (χ0v) is 13.4. The van der Waals surface area contributed by atoms with Gasteiger partial charge in [-0.3, -0.25) is 11.3 Å². The van der Waals surface area contributed by atoms with E-state index >= 15 is 0 Å². The number of halogens is 1. The van der Waals surface area contributed by atoms with Crippen molar-refractivity contribution in [3.05, 3.63) is 20.8 Å². The topological polar surface area (TPSA) is 38.0 Å². The number of hydrazine groups is 1. The maximum absolute atomic E-state index is 5.78. The molecule has 0 saturated heterocycles. The molecular formula is C14H23BrN2S. The number of thiophene rings is 1. The van der Waals surface area contributed by atoms with Crippen LogP contribution in [0, 0.1) is 11.8 Å². The Labute approximate surface area is 122 Å². The van der Waals surface area contributed by atoms with Gasteiger partial charge < -0.3 is 0 Å². The van der Waals surface area contributed by atoms with Gasteiger partial charge in [-0.05, 0) is 58.5 Å². The standard InChI is InChI=1S/C14H23BrN2S/c1-2-10-3-5-11(6-4-10)13(17-16)9-14-12(15)7-8-18-14/h7-8,10-11,13,17H,2-6,9,16H2,1H3. The van der Waals surface area contributed by atoms with Gasteiger partial charge in [0.25, 0.3) is 0 Å². The minimum absolute atomic E-state index is 0.428. The summed E-state index contributed by atoms with van der Waals surface area (Å²) in [5, 5.41) is 2.14. The molecule has 2 rings (SSSR count). The van der Waals surface area contributed by atoms with Gasteiger partial charge >= 0.3 is 0 Å². The van der Waals surface area contributed by atoms with Crippen molar-refractivity contribution >= 4 is 27.3 Å². The Morgan fingerprint density at radius 1 is 1.44 bits per heavy atom. The molecule has 0 bridgehead atoms. The summed E-state index contributed by atoms with van der Waals surface area (Å²) < 4.78 is 1.23. The number of rotatable bonds is 5. The molecule has 0 radical (unpaired) electrons. The van der Waals surface area contributed by atoms with E-state index in [1.165, 1.54) is 41.5 Å². The van der Waals surface area contributed by atoms with Crippen LogP contribution in [0.15, 0.2) is 15.9 Å². The fraction of sp³-hybridized carbons (Fsp3) is 0.714. The van der Waals surface area contributed by atoms with E-state index in [0.717, 1.165) is 18.3 Å². The van der Waals surface area contributed by atoms with Gasteiger partial charge in [-0.15, -0.1) is 11.3 Å². The first-order valence-corrected chi connectivity index (χ1v) is 8.59. The molecule has 18 heavy (non-hydrogen) atoms. The van der Waals surface area contributed by atoms with Gasteiger partial charge in [-0.25, -0.2) is 0 Å². The highest BCUT2D eigenvalue weighted by atomic mass is 79.9. The number of hydrogen-bond donors (Lipinski definition) is 2. The molecule has 4 heteroatoms. The normalized spacial score (nSPS) is 26.2. The fourth-order valence-electron chi connectivity index (χ4n) is 3.03. The van der Waals surface area contributed by atoms with Crippen molar-refractivity contribution in [3.63, 3.8) is 0 Å². The number of nitrogens with one attached hydrogen (secondary N) is 1. The van der Waals surface area contributed by atoms with Gasteiger partial charge in [-0.1, -0.05) is 26.2 Å². The molecule has 3 N–H and O–H groups in total. The second-order valence-electron chi connectivity index (χ2n) is 5.36. The molecule has 1 saturated carbocycles. The second-order valence-corrected chi connectivity index (χ2v) is 7.21. The predicted molar refractivity (Wildman–Crippen MR) is 82.6 cm³/mol. The number of hydrogen-bond acceptors (Lipinski definition) is 3. The van der Waals surface area contributed by atoms with Crippen LogP contribution in [0.4, 0.5) is 0 Å². The van der Waals surface area contributed by atoms with Crippen molar-refractivity contribution in [1.29, 1.82) is 0 Å². The molecule has 102 valence electrons. The summed E-state index contributed by atoms with van der Waals surface area (Å²) in [6.07, 6.45) is 7.81. The summed E-state index contributed by atoms with van der Waals surface area (Å²) in [6, 6.07) is 2.56. The lowest BCUT2D eigenvalue weighted by atomic mass is 9.77. The summed E-state index contributed by atoms with van der Waals surface area (Å²) in [4.78, 5) is 1.41. The van der Waals surface area contributed by atoms with E-state index in [1.54, 1.807) is 0 Å². The molecule has 1 fully saturated rings. The largest absolute Gasteiger partial charge is 0.271 e. The smallest absolute Gasteiger partial charge is 0.0314 e. The lowest BCUT2D eigenvalue weighted by Crippen LogP contribution is -2.43. The van der Waals surface area contributed by atoms with Crippen molar-refractivity contribution in [3.8, 4) is 0 Å². The molecule has 1 heterocycles. The quantitative estimate of drug-likeness (QED) is 0.630. The van der Waals surface area contributed by atoms with Crippen LogP contribution in [0.3, 0.4) is 0 Å². The third-order valence-corrected chi connectivity index (χ3v) is 6.30.